The number of halogens is 1. The third-order valence-corrected chi connectivity index (χ3v) is 3.89. The van der Waals surface area contributed by atoms with Gasteiger partial charge in [0.1, 0.15) is 12.4 Å². The van der Waals surface area contributed by atoms with Crippen molar-refractivity contribution in [3.63, 3.8) is 0 Å². The van der Waals surface area contributed by atoms with Crippen molar-refractivity contribution in [1.82, 2.24) is 5.32 Å². The van der Waals surface area contributed by atoms with Gasteiger partial charge < -0.3 is 10.2 Å². The predicted molar refractivity (Wildman–Crippen MR) is 92.2 cm³/mol. The van der Waals surface area contributed by atoms with Crippen LogP contribution in [0.2, 0.25) is 0 Å². The number of anilines is 1. The van der Waals surface area contributed by atoms with Crippen molar-refractivity contribution in [3.8, 4) is 0 Å². The highest BCUT2D eigenvalue weighted by molar-refractivity contribution is 5.97. The van der Waals surface area contributed by atoms with Crippen LogP contribution in [0.4, 0.5) is 10.1 Å². The Labute approximate surface area is 141 Å². The van der Waals surface area contributed by atoms with Gasteiger partial charge in [-0.1, -0.05) is 18.2 Å². The molecule has 0 aromatic heterocycles. The van der Waals surface area contributed by atoms with Crippen LogP contribution in [0.15, 0.2) is 42.5 Å². The zero-order valence-electron chi connectivity index (χ0n) is 14.1. The van der Waals surface area contributed by atoms with Gasteiger partial charge in [0.25, 0.3) is 0 Å². The van der Waals surface area contributed by atoms with Crippen LogP contribution < -0.4 is 10.2 Å². The standard InChI is InChI=1S/C19H21FN2O2/c1-13-4-9-18(10-14(13)2)22(15(3)23)12-19(24)21-11-16-5-7-17(20)8-6-16/h4-10H,11-12H2,1-3H3,(H,21,24). The minimum Gasteiger partial charge on any atom is -0.350 e. The molecule has 1 N–H and O–H groups in total. The van der Waals surface area contributed by atoms with Gasteiger partial charge in [-0.2, -0.15) is 0 Å². The molecule has 0 radical (unpaired) electrons. The molecular weight excluding hydrogens is 307 g/mol. The van der Waals surface area contributed by atoms with Crippen molar-refractivity contribution < 1.29 is 14.0 Å². The summed E-state index contributed by atoms with van der Waals surface area (Å²) in [6.07, 6.45) is 0. The fourth-order valence-corrected chi connectivity index (χ4v) is 2.28. The number of rotatable bonds is 5. The van der Waals surface area contributed by atoms with Crippen molar-refractivity contribution in [3.05, 3.63) is 65.0 Å². The molecular formula is C19H21FN2O2. The maximum Gasteiger partial charge on any atom is 0.240 e. The average molecular weight is 328 g/mol. The first kappa shape index (κ1) is 17.7. The largest absolute Gasteiger partial charge is 0.350 e. The SMILES string of the molecule is CC(=O)N(CC(=O)NCc1ccc(F)cc1)c1ccc(C)c(C)c1. The Morgan fingerprint density at radius 1 is 1.04 bits per heavy atom. The van der Waals surface area contributed by atoms with Crippen molar-refractivity contribution in [2.24, 2.45) is 0 Å². The fourth-order valence-electron chi connectivity index (χ4n) is 2.28. The highest BCUT2D eigenvalue weighted by Gasteiger charge is 2.16. The number of aryl methyl sites for hydroxylation is 2. The Kier molecular flexibility index (Phi) is 5.68. The van der Waals surface area contributed by atoms with E-state index in [4.69, 9.17) is 0 Å². The van der Waals surface area contributed by atoms with E-state index < -0.39 is 0 Å². The van der Waals surface area contributed by atoms with Crippen LogP contribution >= 0.6 is 0 Å². The lowest BCUT2D eigenvalue weighted by atomic mass is 10.1. The Morgan fingerprint density at radius 3 is 2.29 bits per heavy atom. The van der Waals surface area contributed by atoms with Crippen LogP contribution in [0.25, 0.3) is 0 Å². The molecule has 0 fully saturated rings. The van der Waals surface area contributed by atoms with Gasteiger partial charge in [-0.05, 0) is 54.8 Å². The molecule has 0 bridgehead atoms. The summed E-state index contributed by atoms with van der Waals surface area (Å²) in [4.78, 5) is 25.5. The molecule has 0 aliphatic heterocycles. The molecule has 2 rings (SSSR count). The Bertz CT molecular complexity index is 742. The smallest absolute Gasteiger partial charge is 0.240 e. The third kappa shape index (κ3) is 4.65. The number of nitrogens with one attached hydrogen (secondary N) is 1. The lowest BCUT2D eigenvalue weighted by Gasteiger charge is -2.21. The van der Waals surface area contributed by atoms with Gasteiger partial charge in [-0.3, -0.25) is 9.59 Å². The lowest BCUT2D eigenvalue weighted by molar-refractivity contribution is -0.123. The second-order valence-corrected chi connectivity index (χ2v) is 5.78. The molecule has 0 saturated heterocycles. The molecule has 2 aromatic rings. The number of hydrogen-bond acceptors (Lipinski definition) is 2. The molecule has 2 amide bonds. The van der Waals surface area contributed by atoms with E-state index in [0.717, 1.165) is 16.7 Å². The van der Waals surface area contributed by atoms with E-state index in [9.17, 15) is 14.0 Å². The summed E-state index contributed by atoms with van der Waals surface area (Å²) in [6.45, 7) is 5.62. The lowest BCUT2D eigenvalue weighted by Crippen LogP contribution is -2.39. The second kappa shape index (κ2) is 7.73. The first-order valence-corrected chi connectivity index (χ1v) is 7.73. The van der Waals surface area contributed by atoms with Crippen molar-refractivity contribution in [2.75, 3.05) is 11.4 Å². The molecule has 0 atom stereocenters. The van der Waals surface area contributed by atoms with Crippen molar-refractivity contribution in [2.45, 2.75) is 27.3 Å². The number of hydrogen-bond donors (Lipinski definition) is 1. The summed E-state index contributed by atoms with van der Waals surface area (Å²) >= 11 is 0. The molecule has 0 spiro atoms. The van der Waals surface area contributed by atoms with Gasteiger partial charge in [-0.25, -0.2) is 4.39 Å². The van der Waals surface area contributed by atoms with Crippen LogP contribution in [0.1, 0.15) is 23.6 Å². The monoisotopic (exact) mass is 328 g/mol. The van der Waals surface area contributed by atoms with Crippen LogP contribution in [-0.4, -0.2) is 18.4 Å². The molecule has 0 unspecified atom stereocenters. The summed E-state index contributed by atoms with van der Waals surface area (Å²) < 4.78 is 12.9. The summed E-state index contributed by atoms with van der Waals surface area (Å²) in [5.41, 5.74) is 3.68. The van der Waals surface area contributed by atoms with Crippen molar-refractivity contribution in [1.29, 1.82) is 0 Å². The molecule has 0 aliphatic carbocycles. The Balaban J connectivity index is 2.01. The van der Waals surface area contributed by atoms with Gasteiger partial charge in [0, 0.05) is 19.2 Å². The van der Waals surface area contributed by atoms with Gasteiger partial charge >= 0.3 is 0 Å². The average Bonchev–Trinajstić information content (AvgIpc) is 2.54. The molecule has 0 heterocycles. The molecule has 24 heavy (non-hydrogen) atoms. The Hall–Kier alpha value is -2.69. The number of carbonyl (C=O) groups is 2. The number of benzene rings is 2. The highest BCUT2D eigenvalue weighted by atomic mass is 19.1. The summed E-state index contributed by atoms with van der Waals surface area (Å²) in [6, 6.07) is 11.6. The van der Waals surface area contributed by atoms with Crippen LogP contribution in [0.3, 0.4) is 0 Å². The molecule has 5 heteroatoms. The van der Waals surface area contributed by atoms with E-state index >= 15 is 0 Å². The Morgan fingerprint density at radius 2 is 1.71 bits per heavy atom. The van der Waals surface area contributed by atoms with E-state index in [2.05, 4.69) is 5.32 Å². The zero-order chi connectivity index (χ0) is 17.7. The second-order valence-electron chi connectivity index (χ2n) is 5.78. The first-order valence-electron chi connectivity index (χ1n) is 7.73. The van der Waals surface area contributed by atoms with Gasteiger partial charge in [-0.15, -0.1) is 0 Å². The maximum atomic E-state index is 12.9. The number of amides is 2. The van der Waals surface area contributed by atoms with E-state index in [1.54, 1.807) is 12.1 Å². The minimum absolute atomic E-state index is 0.0565. The molecule has 126 valence electrons. The minimum atomic E-state index is -0.317. The number of nitrogens with zero attached hydrogens (tertiary/aromatic N) is 1. The normalized spacial score (nSPS) is 10.3. The fraction of sp³-hybridized carbons (Fsp3) is 0.263. The molecule has 4 nitrogen and oxygen atoms in total. The predicted octanol–water partition coefficient (Wildman–Crippen LogP) is 3.11. The summed E-state index contributed by atoms with van der Waals surface area (Å²) in [5.74, 6) is -0.787. The van der Waals surface area contributed by atoms with Crippen molar-refractivity contribution >= 4 is 17.5 Å². The molecule has 0 aliphatic rings. The van der Waals surface area contributed by atoms with Crippen LogP contribution in [0.5, 0.6) is 0 Å². The molecule has 0 saturated carbocycles. The van der Waals surface area contributed by atoms with Gasteiger partial charge in [0.2, 0.25) is 11.8 Å². The summed E-state index contributed by atoms with van der Waals surface area (Å²) in [7, 11) is 0. The maximum absolute atomic E-state index is 12.9. The van der Waals surface area contributed by atoms with Gasteiger partial charge in [0.15, 0.2) is 0 Å². The van der Waals surface area contributed by atoms with Crippen LogP contribution in [-0.2, 0) is 16.1 Å². The van der Waals surface area contributed by atoms with E-state index in [0.29, 0.717) is 5.69 Å². The summed E-state index contributed by atoms with van der Waals surface area (Å²) in [5, 5.41) is 2.74. The highest BCUT2D eigenvalue weighted by Crippen LogP contribution is 2.19. The van der Waals surface area contributed by atoms with E-state index in [1.165, 1.54) is 24.0 Å². The topological polar surface area (TPSA) is 49.4 Å². The zero-order valence-corrected chi connectivity index (χ0v) is 14.1. The first-order chi connectivity index (χ1) is 11.4. The quantitative estimate of drug-likeness (QED) is 0.917. The third-order valence-electron chi connectivity index (χ3n) is 3.89. The number of carbonyl (C=O) groups excluding carboxylic acids is 2. The van der Waals surface area contributed by atoms with Gasteiger partial charge in [0.05, 0.1) is 0 Å². The molecule has 2 aromatic carbocycles. The van der Waals surface area contributed by atoms with Crippen LogP contribution in [0, 0.1) is 19.7 Å². The van der Waals surface area contributed by atoms with E-state index in [-0.39, 0.29) is 30.7 Å². The van der Waals surface area contributed by atoms with E-state index in [1.807, 2.05) is 32.0 Å².